The zero-order valence-corrected chi connectivity index (χ0v) is 19.5. The van der Waals surface area contributed by atoms with Gasteiger partial charge in [0.1, 0.15) is 17.2 Å². The van der Waals surface area contributed by atoms with Crippen molar-refractivity contribution in [2.45, 2.75) is 26.9 Å². The molecule has 0 saturated heterocycles. The summed E-state index contributed by atoms with van der Waals surface area (Å²) in [5.74, 6) is 2.69. The molecule has 1 aromatic heterocycles. The Balaban J connectivity index is 1.73. The molecule has 2 aromatic carbocycles. The average Bonchev–Trinajstić information content (AvgIpc) is 3.16. The number of para-hydroxylation sites is 1. The molecule has 0 radical (unpaired) electrons. The van der Waals surface area contributed by atoms with Crippen molar-refractivity contribution in [2.75, 3.05) is 28.4 Å². The molecule has 0 fully saturated rings. The predicted molar refractivity (Wildman–Crippen MR) is 126 cm³/mol. The van der Waals surface area contributed by atoms with Crippen molar-refractivity contribution >= 4 is 5.96 Å². The number of aryl methyl sites for hydroxylation is 2. The van der Waals surface area contributed by atoms with Gasteiger partial charge in [0.05, 0.1) is 44.8 Å². The number of aromatic nitrogens is 2. The highest BCUT2D eigenvalue weighted by Crippen LogP contribution is 2.33. The zero-order valence-electron chi connectivity index (χ0n) is 19.5. The van der Waals surface area contributed by atoms with E-state index in [2.05, 4.69) is 45.8 Å². The lowest BCUT2D eigenvalue weighted by Gasteiger charge is -2.18. The monoisotopic (exact) mass is 437 g/mol. The zero-order chi connectivity index (χ0) is 23.1. The molecule has 8 nitrogen and oxygen atoms in total. The van der Waals surface area contributed by atoms with E-state index in [0.29, 0.717) is 36.3 Å². The van der Waals surface area contributed by atoms with Crippen LogP contribution in [0.25, 0.3) is 5.69 Å². The number of hydrogen-bond donors (Lipinski definition) is 2. The second-order valence-electron chi connectivity index (χ2n) is 7.26. The summed E-state index contributed by atoms with van der Waals surface area (Å²) in [7, 11) is 6.61. The summed E-state index contributed by atoms with van der Waals surface area (Å²) in [4.78, 5) is 4.35. The topological polar surface area (TPSA) is 81.9 Å². The second-order valence-corrected chi connectivity index (χ2v) is 7.26. The SMILES string of the molecule is CN=C(NCc1ccccc1-n1nc(C)cc1C)NCc1c(OC)cc(OC)cc1OC. The van der Waals surface area contributed by atoms with Gasteiger partial charge in [-0.05, 0) is 31.5 Å². The minimum absolute atomic E-state index is 0.467. The van der Waals surface area contributed by atoms with E-state index >= 15 is 0 Å². The first kappa shape index (κ1) is 23.0. The summed E-state index contributed by atoms with van der Waals surface area (Å²) in [5.41, 5.74) is 5.11. The molecule has 0 atom stereocenters. The maximum Gasteiger partial charge on any atom is 0.191 e. The van der Waals surface area contributed by atoms with Gasteiger partial charge in [0.2, 0.25) is 0 Å². The van der Waals surface area contributed by atoms with Gasteiger partial charge < -0.3 is 24.8 Å². The highest BCUT2D eigenvalue weighted by molar-refractivity contribution is 5.80. The van der Waals surface area contributed by atoms with Crippen LogP contribution < -0.4 is 24.8 Å². The third-order valence-corrected chi connectivity index (χ3v) is 5.15. The summed E-state index contributed by atoms with van der Waals surface area (Å²) >= 11 is 0. The van der Waals surface area contributed by atoms with Gasteiger partial charge in [-0.2, -0.15) is 5.10 Å². The average molecular weight is 438 g/mol. The minimum atomic E-state index is 0.467. The van der Waals surface area contributed by atoms with Gasteiger partial charge in [-0.25, -0.2) is 4.68 Å². The Morgan fingerprint density at radius 1 is 0.938 bits per heavy atom. The Labute approximate surface area is 189 Å². The number of benzene rings is 2. The van der Waals surface area contributed by atoms with Crippen LogP contribution in [0.2, 0.25) is 0 Å². The standard InChI is InChI=1S/C24H31N5O3/c1-16-11-17(2)29(28-16)21-10-8-7-9-18(21)14-26-24(25-3)27-15-20-22(31-5)12-19(30-4)13-23(20)32-6/h7-13H,14-15H2,1-6H3,(H2,25,26,27). The van der Waals surface area contributed by atoms with Gasteiger partial charge in [0.25, 0.3) is 0 Å². The number of aliphatic imine (C=N–C) groups is 1. The summed E-state index contributed by atoms with van der Waals surface area (Å²) in [6, 6.07) is 13.9. The summed E-state index contributed by atoms with van der Waals surface area (Å²) in [6.07, 6.45) is 0. The third-order valence-electron chi connectivity index (χ3n) is 5.15. The van der Waals surface area contributed by atoms with Crippen LogP contribution >= 0.6 is 0 Å². The number of guanidine groups is 1. The van der Waals surface area contributed by atoms with E-state index in [1.54, 1.807) is 28.4 Å². The largest absolute Gasteiger partial charge is 0.496 e. The fraction of sp³-hybridized carbons (Fsp3) is 0.333. The molecule has 0 aliphatic carbocycles. The van der Waals surface area contributed by atoms with Crippen molar-refractivity contribution in [2.24, 2.45) is 4.99 Å². The molecule has 0 aliphatic rings. The number of hydrogen-bond acceptors (Lipinski definition) is 5. The first-order valence-corrected chi connectivity index (χ1v) is 10.4. The fourth-order valence-corrected chi connectivity index (χ4v) is 3.56. The predicted octanol–water partition coefficient (Wildman–Crippen LogP) is 3.38. The molecule has 32 heavy (non-hydrogen) atoms. The van der Waals surface area contributed by atoms with Crippen molar-refractivity contribution in [3.63, 3.8) is 0 Å². The van der Waals surface area contributed by atoms with Crippen LogP contribution in [-0.4, -0.2) is 44.1 Å². The van der Waals surface area contributed by atoms with Crippen LogP contribution in [0.4, 0.5) is 0 Å². The van der Waals surface area contributed by atoms with E-state index in [4.69, 9.17) is 14.2 Å². The van der Waals surface area contributed by atoms with E-state index in [1.165, 1.54) is 0 Å². The second kappa shape index (κ2) is 10.6. The molecule has 3 rings (SSSR count). The van der Waals surface area contributed by atoms with Crippen molar-refractivity contribution in [1.29, 1.82) is 0 Å². The van der Waals surface area contributed by atoms with Crippen LogP contribution in [0.5, 0.6) is 17.2 Å². The Morgan fingerprint density at radius 3 is 2.16 bits per heavy atom. The molecular formula is C24H31N5O3. The number of rotatable bonds is 8. The van der Waals surface area contributed by atoms with Gasteiger partial charge in [-0.1, -0.05) is 18.2 Å². The Morgan fingerprint density at radius 2 is 1.59 bits per heavy atom. The van der Waals surface area contributed by atoms with Gasteiger partial charge >= 0.3 is 0 Å². The number of nitrogens with zero attached hydrogens (tertiary/aromatic N) is 3. The smallest absolute Gasteiger partial charge is 0.191 e. The van der Waals surface area contributed by atoms with Gasteiger partial charge in [-0.3, -0.25) is 4.99 Å². The Kier molecular flexibility index (Phi) is 7.59. The van der Waals surface area contributed by atoms with Gasteiger partial charge in [-0.15, -0.1) is 0 Å². The number of nitrogens with one attached hydrogen (secondary N) is 2. The lowest BCUT2D eigenvalue weighted by Crippen LogP contribution is -2.36. The summed E-state index contributed by atoms with van der Waals surface area (Å²) in [6.45, 7) is 5.11. The molecule has 0 spiro atoms. The first-order valence-electron chi connectivity index (χ1n) is 10.4. The number of methoxy groups -OCH3 is 3. The van der Waals surface area contributed by atoms with Gasteiger partial charge in [0, 0.05) is 31.4 Å². The molecule has 0 unspecified atom stereocenters. The highest BCUT2D eigenvalue weighted by Gasteiger charge is 2.14. The fourth-order valence-electron chi connectivity index (χ4n) is 3.56. The van der Waals surface area contributed by atoms with E-state index in [9.17, 15) is 0 Å². The molecule has 1 heterocycles. The normalized spacial score (nSPS) is 11.2. The van der Waals surface area contributed by atoms with Crippen LogP contribution in [0.15, 0.2) is 47.5 Å². The van der Waals surface area contributed by atoms with Crippen molar-refractivity contribution in [3.05, 3.63) is 65.0 Å². The van der Waals surface area contributed by atoms with E-state index < -0.39 is 0 Å². The maximum atomic E-state index is 5.53. The van der Waals surface area contributed by atoms with Crippen molar-refractivity contribution in [1.82, 2.24) is 20.4 Å². The summed E-state index contributed by atoms with van der Waals surface area (Å²) < 4.78 is 18.4. The van der Waals surface area contributed by atoms with E-state index in [0.717, 1.165) is 28.2 Å². The van der Waals surface area contributed by atoms with Gasteiger partial charge in [0.15, 0.2) is 5.96 Å². The third kappa shape index (κ3) is 5.14. The maximum absolute atomic E-state index is 5.53. The molecule has 0 bridgehead atoms. The molecule has 8 heteroatoms. The lowest BCUT2D eigenvalue weighted by molar-refractivity contribution is 0.368. The number of ether oxygens (including phenoxy) is 3. The quantitative estimate of drug-likeness (QED) is 0.415. The van der Waals surface area contributed by atoms with Crippen LogP contribution in [0.3, 0.4) is 0 Å². The molecule has 0 saturated carbocycles. The van der Waals surface area contributed by atoms with Crippen molar-refractivity contribution < 1.29 is 14.2 Å². The van der Waals surface area contributed by atoms with E-state index in [-0.39, 0.29) is 0 Å². The minimum Gasteiger partial charge on any atom is -0.496 e. The molecule has 0 aliphatic heterocycles. The Bertz CT molecular complexity index is 1070. The molecule has 0 amide bonds. The highest BCUT2D eigenvalue weighted by atomic mass is 16.5. The van der Waals surface area contributed by atoms with Crippen LogP contribution in [-0.2, 0) is 13.1 Å². The molecule has 170 valence electrons. The van der Waals surface area contributed by atoms with E-state index in [1.807, 2.05) is 35.9 Å². The van der Waals surface area contributed by atoms with Crippen LogP contribution in [0, 0.1) is 13.8 Å². The molecule has 2 N–H and O–H groups in total. The van der Waals surface area contributed by atoms with Crippen LogP contribution in [0.1, 0.15) is 22.5 Å². The van der Waals surface area contributed by atoms with Crippen molar-refractivity contribution in [3.8, 4) is 22.9 Å². The first-order chi connectivity index (χ1) is 15.5. The summed E-state index contributed by atoms with van der Waals surface area (Å²) in [5, 5.41) is 11.3. The molecular weight excluding hydrogens is 406 g/mol. The lowest BCUT2D eigenvalue weighted by atomic mass is 10.1. The Hall–Kier alpha value is -3.68. The molecule has 3 aromatic rings.